The summed E-state index contributed by atoms with van der Waals surface area (Å²) in [7, 11) is 0. The number of carbonyl (C=O) groups is 1. The largest absolute Gasteiger partial charge is 0.470 e. The number of thiocarbonyl (C=S) groups is 1. The van der Waals surface area contributed by atoms with Gasteiger partial charge in [0.25, 0.3) is 11.1 Å². The van der Waals surface area contributed by atoms with Gasteiger partial charge in [0.15, 0.2) is 5.84 Å². The van der Waals surface area contributed by atoms with Crippen LogP contribution in [0.5, 0.6) is 0 Å². The van der Waals surface area contributed by atoms with Gasteiger partial charge in [0.1, 0.15) is 5.70 Å². The van der Waals surface area contributed by atoms with Crippen molar-refractivity contribution in [3.8, 4) is 0 Å². The molecule has 1 N–H and O–H groups in total. The van der Waals surface area contributed by atoms with Crippen molar-refractivity contribution in [3.05, 3.63) is 77.5 Å². The van der Waals surface area contributed by atoms with Crippen LogP contribution in [-0.2, 0) is 9.53 Å². The fraction of sp³-hybridized carbons (Fsp3) is 0.105. The van der Waals surface area contributed by atoms with Crippen LogP contribution in [0.3, 0.4) is 0 Å². The first-order valence-corrected chi connectivity index (χ1v) is 8.28. The maximum atomic E-state index is 12.8. The normalized spacial score (nSPS) is 15.2. The van der Waals surface area contributed by atoms with E-state index in [1.54, 1.807) is 6.08 Å². The van der Waals surface area contributed by atoms with Gasteiger partial charge >= 0.3 is 0 Å². The fourth-order valence-corrected chi connectivity index (χ4v) is 2.57. The van der Waals surface area contributed by atoms with E-state index in [0.29, 0.717) is 18.1 Å². The first-order valence-electron chi connectivity index (χ1n) is 7.87. The van der Waals surface area contributed by atoms with E-state index in [4.69, 9.17) is 17.0 Å². The molecule has 0 bridgehead atoms. The number of amidine groups is 1. The molecule has 0 aromatic heterocycles. The van der Waals surface area contributed by atoms with Crippen molar-refractivity contribution in [2.24, 2.45) is 4.99 Å². The molecule has 2 aromatic rings. The van der Waals surface area contributed by atoms with Crippen molar-refractivity contribution in [3.63, 3.8) is 0 Å². The highest BCUT2D eigenvalue weighted by Crippen LogP contribution is 2.20. The fourth-order valence-electron chi connectivity index (χ4n) is 2.36. The minimum Gasteiger partial charge on any atom is -0.470 e. The Hall–Kier alpha value is -2.99. The van der Waals surface area contributed by atoms with Crippen LogP contribution in [0.25, 0.3) is 6.08 Å². The van der Waals surface area contributed by atoms with Crippen LogP contribution in [0.1, 0.15) is 18.1 Å². The second-order valence-electron chi connectivity index (χ2n) is 5.21. The zero-order valence-electron chi connectivity index (χ0n) is 13.7. The number of rotatable bonds is 4. The summed E-state index contributed by atoms with van der Waals surface area (Å²) in [5.41, 5.74) is 4.85. The number of hydrazine groups is 1. The summed E-state index contributed by atoms with van der Waals surface area (Å²) < 4.78 is 5.24. The second kappa shape index (κ2) is 7.72. The van der Waals surface area contributed by atoms with Crippen molar-refractivity contribution in [2.45, 2.75) is 6.92 Å². The minimum atomic E-state index is -0.287. The first kappa shape index (κ1) is 16.9. The molecule has 25 heavy (non-hydrogen) atoms. The molecule has 0 fully saturated rings. The third-order valence-electron chi connectivity index (χ3n) is 3.47. The maximum Gasteiger partial charge on any atom is 0.297 e. The second-order valence-corrected chi connectivity index (χ2v) is 5.59. The summed E-state index contributed by atoms with van der Waals surface area (Å²) in [6.45, 7) is 2.24. The molecule has 5 nitrogen and oxygen atoms in total. The molecule has 1 aliphatic heterocycles. The van der Waals surface area contributed by atoms with Gasteiger partial charge in [0.2, 0.25) is 0 Å². The molecule has 1 aliphatic rings. The highest BCUT2D eigenvalue weighted by Gasteiger charge is 2.32. The number of amides is 1. The topological polar surface area (TPSA) is 53.9 Å². The average Bonchev–Trinajstić information content (AvgIpc) is 2.93. The third kappa shape index (κ3) is 3.92. The smallest absolute Gasteiger partial charge is 0.297 e. The molecule has 0 saturated heterocycles. The summed E-state index contributed by atoms with van der Waals surface area (Å²) in [5, 5.41) is 1.45. The van der Waals surface area contributed by atoms with Crippen molar-refractivity contribution in [1.29, 1.82) is 0 Å². The molecule has 6 heteroatoms. The van der Waals surface area contributed by atoms with Crippen molar-refractivity contribution in [1.82, 2.24) is 10.4 Å². The van der Waals surface area contributed by atoms with Crippen molar-refractivity contribution < 1.29 is 9.53 Å². The monoisotopic (exact) mass is 351 g/mol. The number of benzene rings is 2. The van der Waals surface area contributed by atoms with Gasteiger partial charge in [-0.15, -0.1) is 0 Å². The molecular formula is C19H17N3O2S. The van der Waals surface area contributed by atoms with E-state index in [2.05, 4.69) is 10.4 Å². The number of carbonyl (C=O) groups excluding carboxylic acids is 1. The zero-order chi connectivity index (χ0) is 17.6. The molecule has 2 aromatic carbocycles. The highest BCUT2D eigenvalue weighted by atomic mass is 32.1. The predicted octanol–water partition coefficient (Wildman–Crippen LogP) is 3.14. The molecule has 0 spiro atoms. The van der Waals surface area contributed by atoms with E-state index in [0.717, 1.165) is 11.1 Å². The number of ether oxygens (including phenoxy) is 1. The Morgan fingerprint density at radius 2 is 1.80 bits per heavy atom. The maximum absolute atomic E-state index is 12.8. The van der Waals surface area contributed by atoms with Gasteiger partial charge < -0.3 is 4.74 Å². The molecule has 3 rings (SSSR count). The lowest BCUT2D eigenvalue weighted by Gasteiger charge is -2.20. The van der Waals surface area contributed by atoms with Crippen LogP contribution in [0, 0.1) is 0 Å². The Bertz CT molecular complexity index is 832. The Morgan fingerprint density at radius 3 is 2.44 bits per heavy atom. The van der Waals surface area contributed by atoms with E-state index in [9.17, 15) is 4.79 Å². The Labute approximate surface area is 151 Å². The average molecular weight is 351 g/mol. The minimum absolute atomic E-state index is 0.125. The Kier molecular flexibility index (Phi) is 5.20. The van der Waals surface area contributed by atoms with Crippen LogP contribution in [-0.4, -0.2) is 28.5 Å². The lowest BCUT2D eigenvalue weighted by molar-refractivity contribution is -0.124. The number of nitrogens with zero attached hydrogens (tertiary/aromatic N) is 2. The third-order valence-corrected chi connectivity index (χ3v) is 3.68. The lowest BCUT2D eigenvalue weighted by atomic mass is 10.2. The number of hydrogen-bond donors (Lipinski definition) is 1. The summed E-state index contributed by atoms with van der Waals surface area (Å²) in [5.74, 6) is 0.194. The van der Waals surface area contributed by atoms with Crippen molar-refractivity contribution in [2.75, 3.05) is 6.61 Å². The molecule has 0 saturated carbocycles. The van der Waals surface area contributed by atoms with Crippen LogP contribution >= 0.6 is 12.2 Å². The van der Waals surface area contributed by atoms with Gasteiger partial charge in [0.05, 0.1) is 6.61 Å². The van der Waals surface area contributed by atoms with Gasteiger partial charge in [-0.05, 0) is 30.8 Å². The van der Waals surface area contributed by atoms with Gasteiger partial charge in [-0.1, -0.05) is 60.7 Å². The van der Waals surface area contributed by atoms with E-state index >= 15 is 0 Å². The Morgan fingerprint density at radius 1 is 1.16 bits per heavy atom. The molecular weight excluding hydrogens is 334 g/mol. The van der Waals surface area contributed by atoms with Crippen LogP contribution in [0.4, 0.5) is 0 Å². The summed E-state index contributed by atoms with van der Waals surface area (Å²) in [4.78, 5) is 17.3. The molecule has 0 aliphatic carbocycles. The number of nitrogens with one attached hydrogen (secondary N) is 1. The summed E-state index contributed by atoms with van der Waals surface area (Å²) in [6, 6.07) is 19.0. The molecule has 126 valence electrons. The van der Waals surface area contributed by atoms with Gasteiger partial charge in [-0.3, -0.25) is 4.79 Å². The molecule has 0 unspecified atom stereocenters. The molecule has 0 atom stereocenters. The van der Waals surface area contributed by atoms with Crippen molar-refractivity contribution >= 4 is 35.2 Å². The van der Waals surface area contributed by atoms with Gasteiger partial charge in [-0.2, -0.15) is 5.01 Å². The molecule has 0 radical (unpaired) electrons. The van der Waals surface area contributed by atoms with Crippen LogP contribution < -0.4 is 5.43 Å². The van der Waals surface area contributed by atoms with E-state index in [-0.39, 0.29) is 11.1 Å². The van der Waals surface area contributed by atoms with Gasteiger partial charge in [0, 0.05) is 5.56 Å². The quantitative estimate of drug-likeness (QED) is 0.679. The summed E-state index contributed by atoms with van der Waals surface area (Å²) >= 11 is 5.11. The Balaban J connectivity index is 1.97. The predicted molar refractivity (Wildman–Crippen MR) is 102 cm³/mol. The van der Waals surface area contributed by atoms with E-state index < -0.39 is 0 Å². The number of hydrogen-bond acceptors (Lipinski definition) is 4. The zero-order valence-corrected chi connectivity index (χ0v) is 14.5. The van der Waals surface area contributed by atoms with E-state index in [1.807, 2.05) is 67.6 Å². The first-order chi connectivity index (χ1) is 12.2. The molecule has 1 amide bonds. The van der Waals surface area contributed by atoms with Gasteiger partial charge in [-0.25, -0.2) is 10.4 Å². The SMILES string of the molecule is CCOC(=S)NN1C(=O)/C(=C\c2ccccc2)N=C1c1ccccc1. The van der Waals surface area contributed by atoms with Crippen LogP contribution in [0.2, 0.25) is 0 Å². The van der Waals surface area contributed by atoms with Crippen LogP contribution in [0.15, 0.2) is 71.4 Å². The molecule has 1 heterocycles. The highest BCUT2D eigenvalue weighted by molar-refractivity contribution is 7.80. The lowest BCUT2D eigenvalue weighted by Crippen LogP contribution is -2.47. The standard InChI is InChI=1S/C19H17N3O2S/c1-2-24-19(25)21-22-17(15-11-7-4-8-12-15)20-16(18(22)23)13-14-9-5-3-6-10-14/h3-13H,2H2,1H3,(H,21,25)/b16-13+. The van der Waals surface area contributed by atoms with E-state index in [1.165, 1.54) is 5.01 Å². The summed E-state index contributed by atoms with van der Waals surface area (Å²) in [6.07, 6.45) is 1.75. The number of aliphatic imine (C=N–C) groups is 1.